The summed E-state index contributed by atoms with van der Waals surface area (Å²) in [5.74, 6) is 0. The van der Waals surface area contributed by atoms with Crippen molar-refractivity contribution < 1.29 is 8.83 Å². The van der Waals surface area contributed by atoms with Crippen molar-refractivity contribution in [3.8, 4) is 0 Å². The predicted molar refractivity (Wildman–Crippen MR) is 210 cm³/mol. The molecule has 11 aromatic rings. The fourth-order valence-corrected chi connectivity index (χ4v) is 8.33. The van der Waals surface area contributed by atoms with E-state index in [1.807, 2.05) is 12.1 Å². The number of para-hydroxylation sites is 3. The Labute approximate surface area is 287 Å². The number of furan rings is 2. The third-order valence-corrected chi connectivity index (χ3v) is 10.5. The molecule has 3 heteroatoms. The van der Waals surface area contributed by atoms with Gasteiger partial charge in [0.25, 0.3) is 0 Å². The first-order valence-electron chi connectivity index (χ1n) is 17.1. The van der Waals surface area contributed by atoms with E-state index in [1.54, 1.807) is 0 Å². The summed E-state index contributed by atoms with van der Waals surface area (Å²) in [6, 6.07) is 56.4. The first-order chi connectivity index (χ1) is 24.7. The van der Waals surface area contributed by atoms with E-state index in [-0.39, 0.29) is 0 Å². The van der Waals surface area contributed by atoms with Crippen molar-refractivity contribution in [3.05, 3.63) is 163 Å². The molecule has 9 aromatic carbocycles. The van der Waals surface area contributed by atoms with E-state index >= 15 is 0 Å². The van der Waals surface area contributed by atoms with Gasteiger partial charge in [0.05, 0.1) is 5.69 Å². The lowest BCUT2D eigenvalue weighted by molar-refractivity contribution is 0.669. The Hall–Kier alpha value is -6.58. The maximum Gasteiger partial charge on any atom is 0.159 e. The highest BCUT2D eigenvalue weighted by Crippen LogP contribution is 2.47. The zero-order chi connectivity index (χ0) is 32.9. The maximum absolute atomic E-state index is 6.63. The van der Waals surface area contributed by atoms with Crippen molar-refractivity contribution in [2.75, 3.05) is 4.90 Å². The Balaban J connectivity index is 1.28. The average molecular weight is 640 g/mol. The highest BCUT2D eigenvalue weighted by Gasteiger charge is 2.23. The third-order valence-electron chi connectivity index (χ3n) is 10.5. The van der Waals surface area contributed by atoms with Crippen LogP contribution in [0.3, 0.4) is 0 Å². The molecular formula is C47H29NO2. The van der Waals surface area contributed by atoms with Gasteiger partial charge in [-0.1, -0.05) is 109 Å². The van der Waals surface area contributed by atoms with E-state index < -0.39 is 0 Å². The van der Waals surface area contributed by atoms with Crippen LogP contribution in [0.5, 0.6) is 0 Å². The second kappa shape index (κ2) is 10.2. The second-order valence-electron chi connectivity index (χ2n) is 13.3. The van der Waals surface area contributed by atoms with Crippen LogP contribution in [0.25, 0.3) is 87.0 Å². The lowest BCUT2D eigenvalue weighted by atomic mass is 9.90. The minimum atomic E-state index is 0.874. The second-order valence-corrected chi connectivity index (χ2v) is 13.3. The third kappa shape index (κ3) is 3.75. The number of fused-ring (bicyclic) bond motifs is 15. The fourth-order valence-electron chi connectivity index (χ4n) is 8.33. The standard InChI is InChI=1S/C47H29NO2/c1-28-11-2-8-18-39(28)48(40-19-10-17-37-34-16-7-9-20-41(34)50-47(37)40)30-22-23-36-38(27-30)33-15-6-5-14-32(33)35-24-26-43-46(44(35)36)45-31-13-4-3-12-29(31)21-25-42(45)49-43/h2-27H,1H3. The summed E-state index contributed by atoms with van der Waals surface area (Å²) < 4.78 is 13.2. The molecule has 0 fully saturated rings. The van der Waals surface area contributed by atoms with Gasteiger partial charge < -0.3 is 13.7 Å². The monoisotopic (exact) mass is 639 g/mol. The summed E-state index contributed by atoms with van der Waals surface area (Å²) in [5.41, 5.74) is 7.95. The van der Waals surface area contributed by atoms with Gasteiger partial charge in [0, 0.05) is 38.3 Å². The average Bonchev–Trinajstić information content (AvgIpc) is 3.75. The van der Waals surface area contributed by atoms with Gasteiger partial charge in [0.1, 0.15) is 16.7 Å². The van der Waals surface area contributed by atoms with Gasteiger partial charge >= 0.3 is 0 Å². The normalized spacial score (nSPS) is 12.1. The van der Waals surface area contributed by atoms with E-state index in [0.29, 0.717) is 0 Å². The molecule has 0 N–H and O–H groups in total. The molecule has 0 amide bonds. The zero-order valence-corrected chi connectivity index (χ0v) is 27.3. The number of rotatable bonds is 3. The van der Waals surface area contributed by atoms with Crippen LogP contribution in [0.4, 0.5) is 17.1 Å². The smallest absolute Gasteiger partial charge is 0.159 e. The van der Waals surface area contributed by atoms with Crippen molar-refractivity contribution in [3.63, 3.8) is 0 Å². The summed E-state index contributed by atoms with van der Waals surface area (Å²) in [7, 11) is 0. The first-order valence-corrected chi connectivity index (χ1v) is 17.1. The number of hydrogen-bond acceptors (Lipinski definition) is 3. The molecule has 234 valence electrons. The summed E-state index contributed by atoms with van der Waals surface area (Å²) in [6.45, 7) is 2.18. The molecule has 2 aromatic heterocycles. The Bertz CT molecular complexity index is 3180. The molecule has 11 rings (SSSR count). The Morgan fingerprint density at radius 2 is 1.02 bits per heavy atom. The topological polar surface area (TPSA) is 29.5 Å². The van der Waals surface area contributed by atoms with E-state index in [9.17, 15) is 0 Å². The zero-order valence-electron chi connectivity index (χ0n) is 27.3. The molecule has 0 unspecified atom stereocenters. The summed E-state index contributed by atoms with van der Waals surface area (Å²) in [6.07, 6.45) is 0. The molecule has 3 nitrogen and oxygen atoms in total. The molecule has 0 saturated carbocycles. The van der Waals surface area contributed by atoms with Gasteiger partial charge in [-0.2, -0.15) is 0 Å². The Kier molecular flexibility index (Phi) is 5.59. The summed E-state index contributed by atoms with van der Waals surface area (Å²) >= 11 is 0. The molecule has 0 saturated heterocycles. The van der Waals surface area contributed by atoms with Crippen LogP contribution in [-0.4, -0.2) is 0 Å². The Morgan fingerprint density at radius 3 is 1.90 bits per heavy atom. The van der Waals surface area contributed by atoms with Gasteiger partial charge in [-0.15, -0.1) is 0 Å². The van der Waals surface area contributed by atoms with Crippen LogP contribution in [-0.2, 0) is 0 Å². The number of hydrogen-bond donors (Lipinski definition) is 0. The molecule has 0 aliphatic carbocycles. The van der Waals surface area contributed by atoms with Crippen LogP contribution >= 0.6 is 0 Å². The van der Waals surface area contributed by atoms with E-state index in [4.69, 9.17) is 8.83 Å². The van der Waals surface area contributed by atoms with E-state index in [1.165, 1.54) is 59.4 Å². The lowest BCUT2D eigenvalue weighted by Crippen LogP contribution is -2.11. The number of anilines is 3. The van der Waals surface area contributed by atoms with Gasteiger partial charge in [0.15, 0.2) is 5.58 Å². The summed E-state index contributed by atoms with van der Waals surface area (Å²) in [5, 5.41) is 14.3. The maximum atomic E-state index is 6.63. The molecule has 0 aliphatic rings. The Morgan fingerprint density at radius 1 is 0.380 bits per heavy atom. The van der Waals surface area contributed by atoms with Gasteiger partial charge in [0.2, 0.25) is 0 Å². The van der Waals surface area contributed by atoms with Crippen molar-refractivity contribution in [2.24, 2.45) is 0 Å². The minimum Gasteiger partial charge on any atom is -0.456 e. The van der Waals surface area contributed by atoms with E-state index in [0.717, 1.165) is 50.2 Å². The van der Waals surface area contributed by atoms with Gasteiger partial charge in [-0.3, -0.25) is 0 Å². The molecule has 0 aliphatic heterocycles. The molecule has 0 bridgehead atoms. The van der Waals surface area contributed by atoms with Crippen LogP contribution in [0.2, 0.25) is 0 Å². The predicted octanol–water partition coefficient (Wildman–Crippen LogP) is 13.9. The number of aryl methyl sites for hydroxylation is 1. The van der Waals surface area contributed by atoms with Crippen molar-refractivity contribution in [1.29, 1.82) is 0 Å². The molecule has 50 heavy (non-hydrogen) atoms. The molecular weight excluding hydrogens is 611 g/mol. The quantitative estimate of drug-likeness (QED) is 0.180. The molecule has 0 radical (unpaired) electrons. The van der Waals surface area contributed by atoms with Crippen LogP contribution in [0.1, 0.15) is 5.56 Å². The highest BCUT2D eigenvalue weighted by atomic mass is 16.3. The van der Waals surface area contributed by atoms with Crippen molar-refractivity contribution in [2.45, 2.75) is 6.92 Å². The molecule has 0 spiro atoms. The van der Waals surface area contributed by atoms with Gasteiger partial charge in [-0.05, 0) is 98.7 Å². The minimum absolute atomic E-state index is 0.874. The van der Waals surface area contributed by atoms with Crippen molar-refractivity contribution >= 4 is 104 Å². The summed E-state index contributed by atoms with van der Waals surface area (Å²) in [4.78, 5) is 2.36. The van der Waals surface area contributed by atoms with E-state index in [2.05, 4.69) is 157 Å². The lowest BCUT2D eigenvalue weighted by Gasteiger charge is -2.27. The van der Waals surface area contributed by atoms with Crippen molar-refractivity contribution in [1.82, 2.24) is 0 Å². The largest absolute Gasteiger partial charge is 0.456 e. The molecule has 0 atom stereocenters. The van der Waals surface area contributed by atoms with Gasteiger partial charge in [-0.25, -0.2) is 0 Å². The van der Waals surface area contributed by atoms with Crippen LogP contribution < -0.4 is 4.90 Å². The SMILES string of the molecule is Cc1ccccc1N(c1ccc2c(c1)c1ccccc1c1ccc3oc4ccc5ccccc5c4c3c12)c1cccc2c1oc1ccccc12. The number of benzene rings is 9. The highest BCUT2D eigenvalue weighted by molar-refractivity contribution is 6.37. The number of nitrogens with zero attached hydrogens (tertiary/aromatic N) is 1. The fraction of sp³-hybridized carbons (Fsp3) is 0.0213. The van der Waals surface area contributed by atoms with Crippen LogP contribution in [0.15, 0.2) is 167 Å². The molecule has 2 heterocycles. The van der Waals surface area contributed by atoms with Crippen LogP contribution in [0, 0.1) is 6.92 Å². The first kappa shape index (κ1) is 27.4.